The summed E-state index contributed by atoms with van der Waals surface area (Å²) in [6, 6.07) is 4.76. The Balaban J connectivity index is 0.00000156. The molecule has 0 bridgehead atoms. The molecule has 3 atom stereocenters. The summed E-state index contributed by atoms with van der Waals surface area (Å²) in [6.07, 6.45) is 4.71. The van der Waals surface area contributed by atoms with E-state index in [0.29, 0.717) is 25.1 Å². The number of hydrogen-bond donors (Lipinski definition) is 1. The molecule has 1 N–H and O–H groups in total. The van der Waals surface area contributed by atoms with Crippen LogP contribution in [0.4, 0.5) is 0 Å². The summed E-state index contributed by atoms with van der Waals surface area (Å²) >= 11 is 0. The van der Waals surface area contributed by atoms with Crippen molar-refractivity contribution in [3.8, 4) is 6.07 Å². The zero-order chi connectivity index (χ0) is 16.2. The monoisotopic (exact) mass is 386 g/mol. The Hall–Kier alpha value is -1.88. The molecule has 7 nitrogen and oxygen atoms in total. The highest BCUT2D eigenvalue weighted by atomic mass is 35.5. The Kier molecular flexibility index (Phi) is 8.10. The largest absolute Gasteiger partial charge is 0.457 e. The fraction of sp³-hybridized carbons (Fsp3) is 0.500. The molecule has 25 heavy (non-hydrogen) atoms. The normalized spacial score (nSPS) is 24.6. The van der Waals surface area contributed by atoms with Crippen LogP contribution in [0.3, 0.4) is 0 Å². The van der Waals surface area contributed by atoms with Crippen molar-refractivity contribution in [1.82, 2.24) is 15.2 Å². The van der Waals surface area contributed by atoms with Crippen LogP contribution in [0, 0.1) is 11.3 Å². The zero-order valence-corrected chi connectivity index (χ0v) is 15.1. The topological polar surface area (TPSA) is 95.3 Å². The third-order valence-electron chi connectivity index (χ3n) is 4.24. The van der Waals surface area contributed by atoms with Gasteiger partial charge in [-0.1, -0.05) is 0 Å². The molecule has 0 unspecified atom stereocenters. The summed E-state index contributed by atoms with van der Waals surface area (Å²) in [6.45, 7) is 1.06. The first-order chi connectivity index (χ1) is 11.2. The smallest absolute Gasteiger partial charge is 0.340 e. The number of ether oxygens (including phenoxy) is 1. The van der Waals surface area contributed by atoms with Gasteiger partial charge in [0.1, 0.15) is 12.1 Å². The van der Waals surface area contributed by atoms with Crippen LogP contribution in [0.1, 0.15) is 29.6 Å². The summed E-state index contributed by atoms with van der Waals surface area (Å²) in [7, 11) is 0. The van der Waals surface area contributed by atoms with E-state index in [-0.39, 0.29) is 42.9 Å². The number of aromatic nitrogens is 1. The molecule has 1 amide bonds. The van der Waals surface area contributed by atoms with Gasteiger partial charge < -0.3 is 15.0 Å². The van der Waals surface area contributed by atoms with Crippen LogP contribution < -0.4 is 5.32 Å². The molecule has 2 aliphatic heterocycles. The van der Waals surface area contributed by atoms with E-state index in [1.165, 1.54) is 6.20 Å². The summed E-state index contributed by atoms with van der Waals surface area (Å²) in [5.41, 5.74) is 0.395. The molecular weight excluding hydrogens is 367 g/mol. The molecule has 0 aliphatic carbocycles. The van der Waals surface area contributed by atoms with Gasteiger partial charge in [-0.15, -0.1) is 24.8 Å². The molecule has 2 saturated heterocycles. The second-order valence-corrected chi connectivity index (χ2v) is 5.78. The number of hydrogen-bond acceptors (Lipinski definition) is 6. The highest BCUT2D eigenvalue weighted by molar-refractivity contribution is 5.89. The van der Waals surface area contributed by atoms with E-state index in [0.717, 1.165) is 12.8 Å². The van der Waals surface area contributed by atoms with E-state index in [2.05, 4.69) is 16.4 Å². The maximum absolute atomic E-state index is 12.5. The fourth-order valence-electron chi connectivity index (χ4n) is 3.05. The van der Waals surface area contributed by atoms with Gasteiger partial charge in [-0.25, -0.2) is 4.79 Å². The summed E-state index contributed by atoms with van der Waals surface area (Å²) in [4.78, 5) is 30.0. The van der Waals surface area contributed by atoms with E-state index in [4.69, 9.17) is 10.00 Å². The van der Waals surface area contributed by atoms with Gasteiger partial charge in [-0.2, -0.15) is 5.26 Å². The predicted octanol–water partition coefficient (Wildman–Crippen LogP) is 1.33. The first kappa shape index (κ1) is 21.2. The Labute approximate surface area is 158 Å². The Morgan fingerprint density at radius 1 is 1.40 bits per heavy atom. The van der Waals surface area contributed by atoms with E-state index in [9.17, 15) is 9.59 Å². The number of carbonyl (C=O) groups excluding carboxylic acids is 2. The van der Waals surface area contributed by atoms with Gasteiger partial charge in [0.05, 0.1) is 17.7 Å². The van der Waals surface area contributed by atoms with Crippen LogP contribution >= 0.6 is 24.8 Å². The van der Waals surface area contributed by atoms with Gasteiger partial charge in [-0.3, -0.25) is 9.78 Å². The number of carbonyl (C=O) groups is 2. The molecule has 0 aromatic carbocycles. The van der Waals surface area contributed by atoms with E-state index >= 15 is 0 Å². The lowest BCUT2D eigenvalue weighted by Gasteiger charge is -2.23. The quantitative estimate of drug-likeness (QED) is 0.787. The van der Waals surface area contributed by atoms with Crippen molar-refractivity contribution in [2.75, 3.05) is 13.1 Å². The number of halogens is 2. The Bertz CT molecular complexity index is 638. The number of amides is 1. The van der Waals surface area contributed by atoms with E-state index in [1.54, 1.807) is 23.2 Å². The fourth-order valence-corrected chi connectivity index (χ4v) is 3.05. The maximum Gasteiger partial charge on any atom is 0.340 e. The van der Waals surface area contributed by atoms with Gasteiger partial charge in [0, 0.05) is 31.9 Å². The molecule has 1 aromatic rings. The Morgan fingerprint density at radius 2 is 2.20 bits per heavy atom. The minimum Gasteiger partial charge on any atom is -0.457 e. The lowest BCUT2D eigenvalue weighted by atomic mass is 10.1. The molecule has 136 valence electrons. The molecule has 0 saturated carbocycles. The number of likely N-dealkylation sites (tertiary alicyclic amines) is 1. The van der Waals surface area contributed by atoms with E-state index in [1.807, 2.05) is 0 Å². The number of esters is 1. The van der Waals surface area contributed by atoms with Crippen LogP contribution in [0.15, 0.2) is 24.5 Å². The Morgan fingerprint density at radius 3 is 2.88 bits per heavy atom. The third kappa shape index (κ3) is 4.82. The molecule has 0 radical (unpaired) electrons. The molecule has 2 fully saturated rings. The first-order valence-corrected chi connectivity index (χ1v) is 7.73. The third-order valence-corrected chi connectivity index (χ3v) is 4.24. The molecule has 2 aliphatic rings. The van der Waals surface area contributed by atoms with Gasteiger partial charge in [0.2, 0.25) is 5.91 Å². The van der Waals surface area contributed by atoms with Crippen molar-refractivity contribution in [1.29, 1.82) is 5.26 Å². The second-order valence-electron chi connectivity index (χ2n) is 5.78. The number of nitrogens with zero attached hydrogens (tertiary/aromatic N) is 3. The van der Waals surface area contributed by atoms with Crippen molar-refractivity contribution < 1.29 is 14.3 Å². The first-order valence-electron chi connectivity index (χ1n) is 7.73. The minimum absolute atomic E-state index is 0. The molecule has 1 aromatic heterocycles. The van der Waals surface area contributed by atoms with Crippen molar-refractivity contribution >= 4 is 36.7 Å². The van der Waals surface area contributed by atoms with Crippen LogP contribution in [0.5, 0.6) is 0 Å². The van der Waals surface area contributed by atoms with Gasteiger partial charge in [-0.05, 0) is 25.0 Å². The van der Waals surface area contributed by atoms with Crippen LogP contribution in [-0.2, 0) is 9.53 Å². The highest BCUT2D eigenvalue weighted by Crippen LogP contribution is 2.21. The van der Waals surface area contributed by atoms with Gasteiger partial charge in [0.25, 0.3) is 0 Å². The highest BCUT2D eigenvalue weighted by Gasteiger charge is 2.38. The number of pyridine rings is 1. The van der Waals surface area contributed by atoms with Crippen molar-refractivity contribution in [3.63, 3.8) is 0 Å². The summed E-state index contributed by atoms with van der Waals surface area (Å²) in [5, 5.41) is 12.2. The van der Waals surface area contributed by atoms with Crippen LogP contribution in [-0.4, -0.2) is 53.0 Å². The predicted molar refractivity (Wildman–Crippen MR) is 94.7 cm³/mol. The van der Waals surface area contributed by atoms with Crippen LogP contribution in [0.2, 0.25) is 0 Å². The second kappa shape index (κ2) is 9.56. The number of nitrogens with one attached hydrogen (secondary N) is 1. The minimum atomic E-state index is -0.436. The molecule has 9 heteroatoms. The van der Waals surface area contributed by atoms with Gasteiger partial charge >= 0.3 is 5.97 Å². The van der Waals surface area contributed by atoms with Crippen LogP contribution in [0.25, 0.3) is 0 Å². The van der Waals surface area contributed by atoms with Gasteiger partial charge in [0.15, 0.2) is 0 Å². The average molecular weight is 387 g/mol. The summed E-state index contributed by atoms with van der Waals surface area (Å²) < 4.78 is 5.42. The standard InChI is InChI=1S/C16H18N4O3.2ClH/c17-8-12-4-2-6-20(12)15(21)14-7-13(10-19-14)23-16(22)11-3-1-5-18-9-11;;/h1,3,5,9,12-14,19H,2,4,6-7,10H2;2*1H/t12-,13-,14-;;/m0../s1. The molecule has 0 spiro atoms. The summed E-state index contributed by atoms with van der Waals surface area (Å²) in [5.74, 6) is -0.511. The number of nitriles is 1. The SMILES string of the molecule is Cl.Cl.N#C[C@@H]1CCCN1C(=O)[C@@H]1C[C@H](OC(=O)c2cccnc2)CN1. The molecule has 3 rings (SSSR count). The molecular formula is C16H20Cl2N4O3. The lowest BCUT2D eigenvalue weighted by molar-refractivity contribution is -0.133. The zero-order valence-electron chi connectivity index (χ0n) is 13.5. The van der Waals surface area contributed by atoms with Crippen molar-refractivity contribution in [2.45, 2.75) is 37.5 Å². The number of rotatable bonds is 3. The maximum atomic E-state index is 12.5. The van der Waals surface area contributed by atoms with E-state index < -0.39 is 12.0 Å². The molecule has 3 heterocycles. The average Bonchev–Trinajstić information content (AvgIpc) is 3.24. The lowest BCUT2D eigenvalue weighted by Crippen LogP contribution is -2.45. The van der Waals surface area contributed by atoms with Crippen molar-refractivity contribution in [3.05, 3.63) is 30.1 Å². The van der Waals surface area contributed by atoms with Crippen molar-refractivity contribution in [2.24, 2.45) is 0 Å².